The summed E-state index contributed by atoms with van der Waals surface area (Å²) >= 11 is 0. The molecule has 1 amide bonds. The van der Waals surface area contributed by atoms with E-state index in [-0.39, 0.29) is 24.1 Å². The zero-order valence-corrected chi connectivity index (χ0v) is 21.0. The van der Waals surface area contributed by atoms with Gasteiger partial charge < -0.3 is 14.2 Å². The Morgan fingerprint density at radius 1 is 0.972 bits per heavy atom. The zero-order valence-electron chi connectivity index (χ0n) is 21.0. The van der Waals surface area contributed by atoms with Crippen molar-refractivity contribution in [2.45, 2.75) is 38.3 Å². The summed E-state index contributed by atoms with van der Waals surface area (Å²) in [7, 11) is 1.70. The predicted octanol–water partition coefficient (Wildman–Crippen LogP) is 6.12. The lowest BCUT2D eigenvalue weighted by atomic mass is 9.86. The van der Waals surface area contributed by atoms with E-state index in [0.717, 1.165) is 12.2 Å². The van der Waals surface area contributed by atoms with Gasteiger partial charge in [-0.3, -0.25) is 4.90 Å². The molecule has 2 unspecified atom stereocenters. The van der Waals surface area contributed by atoms with Gasteiger partial charge in [-0.25, -0.2) is 4.79 Å². The van der Waals surface area contributed by atoms with Crippen molar-refractivity contribution in [2.24, 2.45) is 0 Å². The summed E-state index contributed by atoms with van der Waals surface area (Å²) in [6.07, 6.45) is 2.68. The summed E-state index contributed by atoms with van der Waals surface area (Å²) < 4.78 is 17.3. The fourth-order valence-corrected chi connectivity index (χ4v) is 6.28. The van der Waals surface area contributed by atoms with E-state index in [9.17, 15) is 4.79 Å². The van der Waals surface area contributed by atoms with Gasteiger partial charge in [-0.15, -0.1) is 0 Å². The van der Waals surface area contributed by atoms with E-state index < -0.39 is 0 Å². The first-order valence-electron chi connectivity index (χ1n) is 12.6. The Labute approximate surface area is 212 Å². The maximum Gasteiger partial charge on any atom is 0.410 e. The number of hydrogen-bond acceptors (Lipinski definition) is 4. The van der Waals surface area contributed by atoms with Crippen LogP contribution in [0.4, 0.5) is 4.79 Å². The summed E-state index contributed by atoms with van der Waals surface area (Å²) in [6.45, 7) is 5.58. The molecule has 2 bridgehead atoms. The maximum absolute atomic E-state index is 13.5. The second-order valence-electron chi connectivity index (χ2n) is 10.0. The lowest BCUT2D eigenvalue weighted by molar-refractivity contribution is -0.0331. The fraction of sp³-hybridized carbons (Fsp3) is 0.323. The molecular weight excluding hydrogens is 450 g/mol. The monoisotopic (exact) mass is 481 g/mol. The lowest BCUT2D eigenvalue weighted by Gasteiger charge is -2.44. The van der Waals surface area contributed by atoms with E-state index in [1.807, 2.05) is 4.90 Å². The van der Waals surface area contributed by atoms with Crippen molar-refractivity contribution >= 4 is 11.7 Å². The average molecular weight is 482 g/mol. The summed E-state index contributed by atoms with van der Waals surface area (Å²) in [4.78, 5) is 15.4. The highest BCUT2D eigenvalue weighted by atomic mass is 16.6. The maximum atomic E-state index is 13.5. The van der Waals surface area contributed by atoms with Crippen molar-refractivity contribution in [3.8, 4) is 16.9 Å². The first kappa shape index (κ1) is 22.9. The van der Waals surface area contributed by atoms with Gasteiger partial charge in [-0.2, -0.15) is 0 Å². The lowest BCUT2D eigenvalue weighted by Crippen LogP contribution is -2.56. The van der Waals surface area contributed by atoms with Crippen molar-refractivity contribution in [2.75, 3.05) is 26.9 Å². The highest BCUT2D eigenvalue weighted by Gasteiger charge is 2.40. The molecule has 2 atom stereocenters. The van der Waals surface area contributed by atoms with Crippen LogP contribution in [0.2, 0.25) is 0 Å². The van der Waals surface area contributed by atoms with Crippen molar-refractivity contribution < 1.29 is 19.0 Å². The van der Waals surface area contributed by atoms with Crippen LogP contribution in [0.5, 0.6) is 5.75 Å². The van der Waals surface area contributed by atoms with Gasteiger partial charge in [0.2, 0.25) is 0 Å². The van der Waals surface area contributed by atoms with Crippen LogP contribution >= 0.6 is 0 Å². The number of ether oxygens (including phenoxy) is 3. The molecule has 3 aromatic rings. The second-order valence-corrected chi connectivity index (χ2v) is 10.0. The number of hydrogen-bond donors (Lipinski definition) is 0. The van der Waals surface area contributed by atoms with Crippen LogP contribution in [-0.2, 0) is 9.47 Å². The number of benzene rings is 3. The van der Waals surface area contributed by atoms with E-state index in [0.29, 0.717) is 19.8 Å². The molecule has 0 radical (unpaired) electrons. The molecule has 5 nitrogen and oxygen atoms in total. The first-order valence-corrected chi connectivity index (χ1v) is 12.6. The van der Waals surface area contributed by atoms with Crippen molar-refractivity contribution in [1.29, 1.82) is 0 Å². The minimum Gasteiger partial charge on any atom is -0.497 e. The number of carbonyl (C=O) groups is 1. The van der Waals surface area contributed by atoms with Crippen LogP contribution in [0, 0.1) is 13.8 Å². The van der Waals surface area contributed by atoms with Gasteiger partial charge in [0.1, 0.15) is 12.4 Å². The molecule has 1 fully saturated rings. The van der Waals surface area contributed by atoms with Gasteiger partial charge >= 0.3 is 6.09 Å². The summed E-state index contributed by atoms with van der Waals surface area (Å²) in [6, 6.07) is 20.8. The van der Waals surface area contributed by atoms with Gasteiger partial charge in [-0.1, -0.05) is 54.6 Å². The van der Waals surface area contributed by atoms with Crippen molar-refractivity contribution in [3.63, 3.8) is 0 Å². The highest BCUT2D eigenvalue weighted by molar-refractivity contribution is 5.80. The fourth-order valence-electron chi connectivity index (χ4n) is 6.28. The molecular formula is C31H31NO4. The number of methoxy groups -OCH3 is 1. The van der Waals surface area contributed by atoms with E-state index in [2.05, 4.69) is 80.6 Å². The Kier molecular flexibility index (Phi) is 5.81. The molecule has 2 aliphatic heterocycles. The quantitative estimate of drug-likeness (QED) is 0.451. The third kappa shape index (κ3) is 3.79. The SMILES string of the molecule is COc1cc(C)c(C2=CC3COCC(C2)N3C(=O)OCC2c3ccccc3-c3ccccc32)c(C)c1. The van der Waals surface area contributed by atoms with Crippen LogP contribution in [-0.4, -0.2) is 50.0 Å². The summed E-state index contributed by atoms with van der Waals surface area (Å²) in [5.74, 6) is 0.923. The predicted molar refractivity (Wildman–Crippen MR) is 140 cm³/mol. The molecule has 3 aliphatic rings. The topological polar surface area (TPSA) is 48.0 Å². The minimum absolute atomic E-state index is 0.0414. The molecule has 36 heavy (non-hydrogen) atoms. The normalized spacial score (nSPS) is 20.4. The number of rotatable bonds is 4. The van der Waals surface area contributed by atoms with Gasteiger partial charge in [0.05, 0.1) is 32.4 Å². The number of fused-ring (bicyclic) bond motifs is 5. The third-order valence-corrected chi connectivity index (χ3v) is 7.81. The van der Waals surface area contributed by atoms with Crippen molar-refractivity contribution in [1.82, 2.24) is 4.90 Å². The molecule has 1 saturated heterocycles. The van der Waals surface area contributed by atoms with Crippen LogP contribution in [0.3, 0.4) is 0 Å². The number of aryl methyl sites for hydroxylation is 2. The Balaban J connectivity index is 1.23. The number of morpholine rings is 1. The van der Waals surface area contributed by atoms with Crippen LogP contribution < -0.4 is 4.74 Å². The molecule has 0 aromatic heterocycles. The van der Waals surface area contributed by atoms with Gasteiger partial charge in [0.25, 0.3) is 0 Å². The molecule has 5 heteroatoms. The Morgan fingerprint density at radius 3 is 2.22 bits per heavy atom. The van der Waals surface area contributed by atoms with E-state index in [1.165, 1.54) is 44.5 Å². The number of carbonyl (C=O) groups excluding carboxylic acids is 1. The Morgan fingerprint density at radius 2 is 1.61 bits per heavy atom. The van der Waals surface area contributed by atoms with E-state index >= 15 is 0 Å². The van der Waals surface area contributed by atoms with Crippen LogP contribution in [0.1, 0.15) is 40.2 Å². The molecule has 3 aromatic carbocycles. The largest absolute Gasteiger partial charge is 0.497 e. The third-order valence-electron chi connectivity index (χ3n) is 7.81. The van der Waals surface area contributed by atoms with E-state index in [1.54, 1.807) is 7.11 Å². The number of nitrogens with zero attached hydrogens (tertiary/aromatic N) is 1. The van der Waals surface area contributed by atoms with Gasteiger partial charge in [0.15, 0.2) is 0 Å². The molecule has 0 N–H and O–H groups in total. The first-order chi connectivity index (χ1) is 17.5. The van der Waals surface area contributed by atoms with Gasteiger partial charge in [0, 0.05) is 5.92 Å². The van der Waals surface area contributed by atoms with Gasteiger partial charge in [-0.05, 0) is 76.9 Å². The molecule has 0 spiro atoms. The smallest absolute Gasteiger partial charge is 0.410 e. The van der Waals surface area contributed by atoms with Crippen LogP contribution in [0.15, 0.2) is 66.7 Å². The molecule has 2 heterocycles. The molecule has 1 aliphatic carbocycles. The Bertz CT molecular complexity index is 1290. The molecule has 6 rings (SSSR count). The average Bonchev–Trinajstić information content (AvgIpc) is 3.20. The Hall–Kier alpha value is -3.57. The number of amides is 1. The zero-order chi connectivity index (χ0) is 24.8. The second kappa shape index (κ2) is 9.14. The summed E-state index contributed by atoms with van der Waals surface area (Å²) in [5.41, 5.74) is 9.81. The van der Waals surface area contributed by atoms with Crippen LogP contribution in [0.25, 0.3) is 16.7 Å². The minimum atomic E-state index is -0.256. The summed E-state index contributed by atoms with van der Waals surface area (Å²) in [5, 5.41) is 0. The highest BCUT2D eigenvalue weighted by Crippen LogP contribution is 2.45. The molecule has 0 saturated carbocycles. The standard InChI is InChI=1S/C31H31NO4/c1-19-12-24(34-3)13-20(2)30(19)21-14-22-16-35-17-23(15-21)32(22)31(33)36-18-29-27-10-6-4-8-25(27)26-9-5-7-11-28(26)29/h4-14,22-23,29H,15-18H2,1-3H3. The van der Waals surface area contributed by atoms with Crippen molar-refractivity contribution in [3.05, 3.63) is 94.6 Å². The molecule has 184 valence electrons. The van der Waals surface area contributed by atoms with E-state index in [4.69, 9.17) is 14.2 Å².